The summed E-state index contributed by atoms with van der Waals surface area (Å²) < 4.78 is 20.3. The molecule has 9 nitrogen and oxygen atoms in total. The highest BCUT2D eigenvalue weighted by Crippen LogP contribution is 2.63. The average Bonchev–Trinajstić information content (AvgIpc) is 3.44. The summed E-state index contributed by atoms with van der Waals surface area (Å²) in [7, 11) is 4.04. The van der Waals surface area contributed by atoms with E-state index in [1.54, 1.807) is 0 Å². The molecule has 3 aliphatic carbocycles. The Morgan fingerprint density at radius 3 is 2.68 bits per heavy atom. The second-order valence-electron chi connectivity index (χ2n) is 17.1. The van der Waals surface area contributed by atoms with Gasteiger partial charge in [-0.1, -0.05) is 58.6 Å². The molecule has 11 heteroatoms. The van der Waals surface area contributed by atoms with Crippen molar-refractivity contribution in [3.8, 4) is 0 Å². The smallest absolute Gasteiger partial charge is 0.334 e. The van der Waals surface area contributed by atoms with E-state index in [4.69, 9.17) is 19.9 Å². The molecule has 8 aliphatic rings. The van der Waals surface area contributed by atoms with Crippen LogP contribution in [0, 0.1) is 29.6 Å². The molecule has 0 bridgehead atoms. The summed E-state index contributed by atoms with van der Waals surface area (Å²) >= 11 is 0. The van der Waals surface area contributed by atoms with E-state index in [-0.39, 0.29) is 64.6 Å². The first kappa shape index (κ1) is 35.5. The van der Waals surface area contributed by atoms with Crippen molar-refractivity contribution in [3.63, 3.8) is 0 Å². The summed E-state index contributed by atoms with van der Waals surface area (Å²) in [5, 5.41) is 3.55. The molecule has 276 valence electrons. The molecular weight excluding hydrogens is 671 g/mol. The average molecular weight is 728 g/mol. The number of hydrogen-bond acceptors (Lipinski definition) is 10. The maximum absolute atomic E-state index is 14.4. The van der Waals surface area contributed by atoms with E-state index >= 15 is 0 Å². The monoisotopic (exact) mass is 727 g/mol. The Hall–Kier alpha value is -1.53. The van der Waals surface area contributed by atoms with Crippen LogP contribution in [-0.2, 0) is 28.6 Å². The Morgan fingerprint density at radius 1 is 1.10 bits per heavy atom. The molecular formula is C39H57N3O6S2. The van der Waals surface area contributed by atoms with Crippen LogP contribution in [0.5, 0.6) is 0 Å². The first-order chi connectivity index (χ1) is 24.0. The number of nitrogens with two attached hydrogens (primary N) is 1. The van der Waals surface area contributed by atoms with Gasteiger partial charge in [0.05, 0.1) is 12.3 Å². The van der Waals surface area contributed by atoms with Gasteiger partial charge in [0.25, 0.3) is 0 Å². The number of carbonyl (C=O) groups excluding carboxylic acids is 3. The number of carbonyl (C=O) groups is 3. The van der Waals surface area contributed by atoms with Gasteiger partial charge in [-0.15, -0.1) is 0 Å². The Bertz CT molecular complexity index is 1430. The molecule has 5 heterocycles. The van der Waals surface area contributed by atoms with E-state index in [0.717, 1.165) is 44.4 Å². The molecule has 2 saturated carbocycles. The number of allylic oxidation sites excluding steroid dienone is 1. The Balaban J connectivity index is 1.21. The summed E-state index contributed by atoms with van der Waals surface area (Å²) in [4.78, 5) is 42.7. The molecule has 2 spiro atoms. The Labute approximate surface area is 305 Å². The molecule has 0 aromatic rings. The highest BCUT2D eigenvalue weighted by Gasteiger charge is 2.68. The predicted octanol–water partition coefficient (Wildman–Crippen LogP) is 6.06. The molecule has 0 radical (unpaired) electrons. The minimum Gasteiger partial charge on any atom is -0.462 e. The second-order valence-corrected chi connectivity index (χ2v) is 19.8. The van der Waals surface area contributed by atoms with Crippen LogP contribution in [0.2, 0.25) is 0 Å². The van der Waals surface area contributed by atoms with Gasteiger partial charge >= 0.3 is 11.9 Å². The van der Waals surface area contributed by atoms with Crippen LogP contribution in [0.25, 0.3) is 0 Å². The number of rotatable bonds is 2. The van der Waals surface area contributed by atoms with Crippen molar-refractivity contribution in [3.05, 3.63) is 23.3 Å². The number of nitrogens with one attached hydrogen (secondary N) is 1. The van der Waals surface area contributed by atoms with Crippen molar-refractivity contribution < 1.29 is 28.6 Å². The normalized spacial score (nSPS) is 44.6. The van der Waals surface area contributed by atoms with Crippen LogP contribution in [0.1, 0.15) is 111 Å². The summed E-state index contributed by atoms with van der Waals surface area (Å²) in [6.45, 7) is 7.34. The van der Waals surface area contributed by atoms with Gasteiger partial charge in [-0.05, 0) is 89.4 Å². The SMILES string of the molecule is CC=C(C)C(=O)O[C@@]1(C)CC=C2CSSC3(CCCCC3)[C@@H]3CCN3C(=O)CC3CNC(N)CC3[C@@H]2[C@@]12CC1CC3CCC(=O)OC3CC1O2. The number of amides is 1. The third-order valence-electron chi connectivity index (χ3n) is 14.4. The summed E-state index contributed by atoms with van der Waals surface area (Å²) in [5.74, 6) is 1.46. The zero-order valence-corrected chi connectivity index (χ0v) is 31.8. The van der Waals surface area contributed by atoms with E-state index in [1.165, 1.54) is 37.7 Å². The molecule has 5 saturated heterocycles. The lowest BCUT2D eigenvalue weighted by Gasteiger charge is -2.58. The molecule has 8 rings (SSSR count). The van der Waals surface area contributed by atoms with E-state index in [0.29, 0.717) is 49.8 Å². The topological polar surface area (TPSA) is 120 Å². The van der Waals surface area contributed by atoms with Gasteiger partial charge in [0, 0.05) is 66.8 Å². The number of hydrogen-bond donors (Lipinski definition) is 2. The van der Waals surface area contributed by atoms with Crippen molar-refractivity contribution in [1.82, 2.24) is 10.2 Å². The van der Waals surface area contributed by atoms with Crippen molar-refractivity contribution in [2.75, 3.05) is 18.8 Å². The molecule has 7 fully saturated rings. The van der Waals surface area contributed by atoms with Gasteiger partial charge in [0.2, 0.25) is 5.91 Å². The number of ether oxygens (including phenoxy) is 3. The van der Waals surface area contributed by atoms with Crippen molar-refractivity contribution in [2.45, 2.75) is 151 Å². The van der Waals surface area contributed by atoms with Gasteiger partial charge < -0.3 is 30.2 Å². The second kappa shape index (κ2) is 13.7. The van der Waals surface area contributed by atoms with Crippen LogP contribution in [-0.4, -0.2) is 82.0 Å². The van der Waals surface area contributed by atoms with E-state index in [9.17, 15) is 14.4 Å². The largest absolute Gasteiger partial charge is 0.462 e. The van der Waals surface area contributed by atoms with Gasteiger partial charge in [0.15, 0.2) is 0 Å². The lowest BCUT2D eigenvalue weighted by molar-refractivity contribution is -0.229. The molecule has 11 atom stereocenters. The zero-order valence-electron chi connectivity index (χ0n) is 30.2. The van der Waals surface area contributed by atoms with Crippen LogP contribution >= 0.6 is 21.6 Å². The molecule has 0 aromatic carbocycles. The highest BCUT2D eigenvalue weighted by atomic mass is 33.1. The minimum atomic E-state index is -0.923. The van der Waals surface area contributed by atoms with Crippen molar-refractivity contribution >= 4 is 39.4 Å². The van der Waals surface area contributed by atoms with Crippen molar-refractivity contribution in [1.29, 1.82) is 0 Å². The predicted molar refractivity (Wildman–Crippen MR) is 196 cm³/mol. The van der Waals surface area contributed by atoms with E-state index < -0.39 is 11.2 Å². The van der Waals surface area contributed by atoms with Crippen LogP contribution in [0.4, 0.5) is 0 Å². The lowest BCUT2D eigenvalue weighted by atomic mass is 9.56. The fourth-order valence-electron chi connectivity index (χ4n) is 11.5. The standard InChI is InChI=1S/C39H57N3O6S2/c1-4-23(2)36(45)48-37(3)14-10-25-22-49-50-38(12-6-5-7-13-38)31-11-15-42(31)33(43)17-27-21-41-32(40)18-28(27)35(25)39(37)20-26-16-24-8-9-34(44)46-29(24)19-30(26)47-39/h4,10,24,26-32,35,41H,5-9,11-22,40H2,1-3H3/t24?,26?,27?,28?,29?,30?,31-,32?,35+,37-,39-/m0/s1. The third-order valence-corrected chi connectivity index (χ3v) is 17.7. The molecule has 7 unspecified atom stereocenters. The first-order valence-corrected chi connectivity index (χ1v) is 21.9. The Kier molecular flexibility index (Phi) is 9.73. The summed E-state index contributed by atoms with van der Waals surface area (Å²) in [6.07, 6.45) is 16.6. The molecule has 0 aromatic heterocycles. The molecule has 50 heavy (non-hydrogen) atoms. The fraction of sp³-hybridized carbons (Fsp3) is 0.821. The maximum atomic E-state index is 14.4. The molecule has 3 N–H and O–H groups in total. The quantitative estimate of drug-likeness (QED) is 0.150. The van der Waals surface area contributed by atoms with E-state index in [2.05, 4.69) is 34.0 Å². The minimum absolute atomic E-state index is 0.0666. The van der Waals surface area contributed by atoms with Gasteiger partial charge in [0.1, 0.15) is 17.3 Å². The zero-order chi connectivity index (χ0) is 34.8. The van der Waals surface area contributed by atoms with E-state index in [1.807, 2.05) is 30.7 Å². The number of esters is 2. The number of piperidine rings is 1. The van der Waals surface area contributed by atoms with Gasteiger partial charge in [-0.25, -0.2) is 4.79 Å². The fourth-order valence-corrected chi connectivity index (χ4v) is 15.2. The number of fused-ring (bicyclic) bond motifs is 8. The lowest BCUT2D eigenvalue weighted by Crippen LogP contribution is -2.66. The highest BCUT2D eigenvalue weighted by molar-refractivity contribution is 8.77. The first-order valence-electron chi connectivity index (χ1n) is 19.6. The van der Waals surface area contributed by atoms with Gasteiger partial charge in [-0.3, -0.25) is 9.59 Å². The third kappa shape index (κ3) is 6.01. The summed E-state index contributed by atoms with van der Waals surface area (Å²) in [5.41, 5.74) is 6.99. The van der Waals surface area contributed by atoms with Crippen LogP contribution in [0.3, 0.4) is 0 Å². The molecule has 5 aliphatic heterocycles. The van der Waals surface area contributed by atoms with Crippen LogP contribution in [0.15, 0.2) is 23.3 Å². The van der Waals surface area contributed by atoms with Gasteiger partial charge in [-0.2, -0.15) is 0 Å². The maximum Gasteiger partial charge on any atom is 0.334 e. The number of nitrogens with zero attached hydrogens (tertiary/aromatic N) is 1. The van der Waals surface area contributed by atoms with Crippen molar-refractivity contribution in [2.24, 2.45) is 35.3 Å². The molecule has 1 amide bonds. The van der Waals surface area contributed by atoms with Crippen LogP contribution < -0.4 is 11.1 Å². The Morgan fingerprint density at radius 2 is 1.92 bits per heavy atom. The summed E-state index contributed by atoms with van der Waals surface area (Å²) in [6, 6.07) is 0.323.